The van der Waals surface area contributed by atoms with E-state index in [0.717, 1.165) is 0 Å². The fourth-order valence-corrected chi connectivity index (χ4v) is 2.57. The van der Waals surface area contributed by atoms with E-state index >= 15 is 0 Å². The molecule has 0 aliphatic rings. The van der Waals surface area contributed by atoms with Crippen molar-refractivity contribution in [3.63, 3.8) is 0 Å². The summed E-state index contributed by atoms with van der Waals surface area (Å²) in [7, 11) is 0. The van der Waals surface area contributed by atoms with E-state index in [1.807, 2.05) is 19.2 Å². The molecule has 1 aromatic heterocycles. The van der Waals surface area contributed by atoms with Gasteiger partial charge in [0, 0.05) is 26.1 Å². The van der Waals surface area contributed by atoms with E-state index in [9.17, 15) is 14.4 Å². The van der Waals surface area contributed by atoms with Crippen LogP contribution in [0.25, 0.3) is 0 Å². The average Bonchev–Trinajstić information content (AvgIpc) is 2.96. The molecule has 0 radical (unpaired) electrons. The molecule has 1 rings (SSSR count). The molecule has 0 aromatic carbocycles. The Morgan fingerprint density at radius 3 is 2.59 bits per heavy atom. The number of nitrogens with one attached hydrogen (secondary N) is 1. The molecule has 0 unspecified atom stereocenters. The first-order valence-corrected chi connectivity index (χ1v) is 8.09. The summed E-state index contributed by atoms with van der Waals surface area (Å²) < 4.78 is 0. The molecule has 2 amide bonds. The van der Waals surface area contributed by atoms with E-state index in [2.05, 4.69) is 5.32 Å². The molecule has 1 heterocycles. The first kappa shape index (κ1) is 18.2. The second-order valence-corrected chi connectivity index (χ2v) is 6.31. The van der Waals surface area contributed by atoms with Crippen molar-refractivity contribution in [3.8, 4) is 0 Å². The monoisotopic (exact) mass is 326 g/mol. The summed E-state index contributed by atoms with van der Waals surface area (Å²) in [6, 6.07) is 3.51. The SMILES string of the molecule is CC(C)CN(CCC(=O)O)C(=O)CCNC(=O)c1cccs1. The van der Waals surface area contributed by atoms with Crippen LogP contribution in [0.5, 0.6) is 0 Å². The minimum Gasteiger partial charge on any atom is -0.481 e. The number of hydrogen-bond acceptors (Lipinski definition) is 4. The molecule has 0 atom stereocenters. The molecule has 0 aliphatic heterocycles. The Morgan fingerprint density at radius 2 is 2.05 bits per heavy atom. The lowest BCUT2D eigenvalue weighted by Crippen LogP contribution is -2.38. The standard InChI is InChI=1S/C15H22N2O4S/c1-11(2)10-17(8-6-14(19)20)13(18)5-7-16-15(21)12-4-3-9-22-12/h3-4,9,11H,5-8,10H2,1-2H3,(H,16,21)(H,19,20). The highest BCUT2D eigenvalue weighted by molar-refractivity contribution is 7.12. The van der Waals surface area contributed by atoms with E-state index in [0.29, 0.717) is 11.4 Å². The van der Waals surface area contributed by atoms with Gasteiger partial charge in [-0.15, -0.1) is 11.3 Å². The number of rotatable bonds is 9. The maximum atomic E-state index is 12.1. The van der Waals surface area contributed by atoms with E-state index < -0.39 is 5.97 Å². The van der Waals surface area contributed by atoms with Crippen molar-refractivity contribution in [2.75, 3.05) is 19.6 Å². The summed E-state index contributed by atoms with van der Waals surface area (Å²) >= 11 is 1.34. The van der Waals surface area contributed by atoms with Gasteiger partial charge in [0.15, 0.2) is 0 Å². The van der Waals surface area contributed by atoms with E-state index in [1.165, 1.54) is 11.3 Å². The molecular formula is C15H22N2O4S. The van der Waals surface area contributed by atoms with E-state index in [1.54, 1.807) is 17.0 Å². The van der Waals surface area contributed by atoms with Crippen LogP contribution in [0.1, 0.15) is 36.4 Å². The Kier molecular flexibility index (Phi) is 7.59. The molecule has 2 N–H and O–H groups in total. The topological polar surface area (TPSA) is 86.7 Å². The Balaban J connectivity index is 2.41. The summed E-state index contributed by atoms with van der Waals surface area (Å²) in [5.74, 6) is -0.990. The smallest absolute Gasteiger partial charge is 0.305 e. The van der Waals surface area contributed by atoms with Crippen molar-refractivity contribution in [3.05, 3.63) is 22.4 Å². The lowest BCUT2D eigenvalue weighted by Gasteiger charge is -2.24. The quantitative estimate of drug-likeness (QED) is 0.725. The lowest BCUT2D eigenvalue weighted by atomic mass is 10.2. The summed E-state index contributed by atoms with van der Waals surface area (Å²) in [5, 5.41) is 13.3. The molecular weight excluding hydrogens is 304 g/mol. The molecule has 0 saturated carbocycles. The van der Waals surface area contributed by atoms with Crippen molar-refractivity contribution in [1.29, 1.82) is 0 Å². The van der Waals surface area contributed by atoms with Gasteiger partial charge in [-0.3, -0.25) is 14.4 Å². The van der Waals surface area contributed by atoms with Crippen molar-refractivity contribution in [2.24, 2.45) is 5.92 Å². The van der Waals surface area contributed by atoms with Crippen LogP contribution in [-0.2, 0) is 9.59 Å². The molecule has 1 aromatic rings. The minimum atomic E-state index is -0.924. The second kappa shape index (κ2) is 9.19. The minimum absolute atomic E-state index is 0.0694. The van der Waals surface area contributed by atoms with Gasteiger partial charge in [-0.25, -0.2) is 0 Å². The first-order chi connectivity index (χ1) is 10.4. The van der Waals surface area contributed by atoms with Crippen molar-refractivity contribution >= 4 is 29.1 Å². The zero-order valence-electron chi connectivity index (χ0n) is 12.9. The largest absolute Gasteiger partial charge is 0.481 e. The fraction of sp³-hybridized carbons (Fsp3) is 0.533. The number of carbonyl (C=O) groups excluding carboxylic acids is 2. The van der Waals surface area contributed by atoms with Gasteiger partial charge in [0.2, 0.25) is 5.91 Å². The zero-order valence-corrected chi connectivity index (χ0v) is 13.7. The van der Waals surface area contributed by atoms with Crippen LogP contribution in [-0.4, -0.2) is 47.4 Å². The third-order valence-corrected chi connectivity index (χ3v) is 3.77. The van der Waals surface area contributed by atoms with Gasteiger partial charge in [-0.1, -0.05) is 19.9 Å². The Labute approximate surface area is 134 Å². The molecule has 0 bridgehead atoms. The van der Waals surface area contributed by atoms with Crippen LogP contribution in [0.3, 0.4) is 0 Å². The van der Waals surface area contributed by atoms with Gasteiger partial charge >= 0.3 is 5.97 Å². The summed E-state index contributed by atoms with van der Waals surface area (Å²) in [4.78, 5) is 36.7. The molecule has 0 aliphatic carbocycles. The summed E-state index contributed by atoms with van der Waals surface area (Å²) in [5.41, 5.74) is 0. The second-order valence-electron chi connectivity index (χ2n) is 5.36. The number of aliphatic carboxylic acids is 1. The van der Waals surface area contributed by atoms with Crippen molar-refractivity contribution < 1.29 is 19.5 Å². The van der Waals surface area contributed by atoms with Crippen LogP contribution >= 0.6 is 11.3 Å². The van der Waals surface area contributed by atoms with Gasteiger partial charge in [0.05, 0.1) is 11.3 Å². The number of amides is 2. The van der Waals surface area contributed by atoms with Crippen LogP contribution < -0.4 is 5.32 Å². The predicted molar refractivity (Wildman–Crippen MR) is 84.9 cm³/mol. The molecule has 6 nitrogen and oxygen atoms in total. The van der Waals surface area contributed by atoms with Gasteiger partial charge in [0.25, 0.3) is 5.91 Å². The van der Waals surface area contributed by atoms with E-state index in [4.69, 9.17) is 5.11 Å². The molecule has 7 heteroatoms. The van der Waals surface area contributed by atoms with Crippen LogP contribution in [0, 0.1) is 5.92 Å². The Morgan fingerprint density at radius 1 is 1.32 bits per heavy atom. The number of carboxylic acids is 1. The van der Waals surface area contributed by atoms with Crippen LogP contribution in [0.2, 0.25) is 0 Å². The number of carboxylic acid groups (broad SMARTS) is 1. The highest BCUT2D eigenvalue weighted by atomic mass is 32.1. The highest BCUT2D eigenvalue weighted by Gasteiger charge is 2.16. The highest BCUT2D eigenvalue weighted by Crippen LogP contribution is 2.08. The van der Waals surface area contributed by atoms with Crippen LogP contribution in [0.15, 0.2) is 17.5 Å². The maximum Gasteiger partial charge on any atom is 0.305 e. The number of carbonyl (C=O) groups is 3. The van der Waals surface area contributed by atoms with Gasteiger partial charge < -0.3 is 15.3 Å². The molecule has 0 fully saturated rings. The average molecular weight is 326 g/mol. The van der Waals surface area contributed by atoms with Crippen molar-refractivity contribution in [2.45, 2.75) is 26.7 Å². The Hall–Kier alpha value is -1.89. The number of nitrogens with zero attached hydrogens (tertiary/aromatic N) is 1. The normalized spacial score (nSPS) is 10.5. The molecule has 122 valence electrons. The van der Waals surface area contributed by atoms with Gasteiger partial charge in [-0.2, -0.15) is 0 Å². The van der Waals surface area contributed by atoms with Crippen molar-refractivity contribution in [1.82, 2.24) is 10.2 Å². The maximum absolute atomic E-state index is 12.1. The molecule has 0 spiro atoms. The third kappa shape index (κ3) is 6.71. The summed E-state index contributed by atoms with van der Waals surface area (Å²) in [6.07, 6.45) is 0.101. The first-order valence-electron chi connectivity index (χ1n) is 7.21. The fourth-order valence-electron chi connectivity index (χ4n) is 1.93. The Bertz CT molecular complexity index is 500. The number of hydrogen-bond donors (Lipinski definition) is 2. The van der Waals surface area contributed by atoms with Gasteiger partial charge in [-0.05, 0) is 17.4 Å². The van der Waals surface area contributed by atoms with Crippen LogP contribution in [0.4, 0.5) is 0 Å². The van der Waals surface area contributed by atoms with Gasteiger partial charge in [0.1, 0.15) is 0 Å². The molecule has 22 heavy (non-hydrogen) atoms. The summed E-state index contributed by atoms with van der Waals surface area (Å²) in [6.45, 7) is 4.91. The van der Waals surface area contributed by atoms with E-state index in [-0.39, 0.29) is 43.7 Å². The predicted octanol–water partition coefficient (Wildman–Crippen LogP) is 1.83. The lowest BCUT2D eigenvalue weighted by molar-refractivity contribution is -0.138. The zero-order chi connectivity index (χ0) is 16.5. The molecule has 0 saturated heterocycles. The number of thiophene rings is 1. The third-order valence-electron chi connectivity index (χ3n) is 2.90.